The number of rotatable bonds is 6. The number of carboxylic acid groups (broad SMARTS) is 1. The molecule has 4 N–H and O–H groups in total. The maximum absolute atomic E-state index is 11.5. The fourth-order valence-corrected chi connectivity index (χ4v) is 1.80. The van der Waals surface area contributed by atoms with Crippen molar-refractivity contribution < 1.29 is 24.5 Å². The highest BCUT2D eigenvalue weighted by Crippen LogP contribution is 2.11. The van der Waals surface area contributed by atoms with Crippen LogP contribution in [0.1, 0.15) is 19.3 Å². The summed E-state index contributed by atoms with van der Waals surface area (Å²) in [5, 5.41) is 22.4. The number of hydrogen-bond acceptors (Lipinski definition) is 4. The van der Waals surface area contributed by atoms with E-state index in [0.717, 1.165) is 19.4 Å². The van der Waals surface area contributed by atoms with Gasteiger partial charge in [-0.05, 0) is 18.8 Å². The predicted octanol–water partition coefficient (Wildman–Crippen LogP) is -0.452. The lowest BCUT2D eigenvalue weighted by atomic mass is 10.0. The van der Waals surface area contributed by atoms with Gasteiger partial charge in [-0.25, -0.2) is 9.59 Å². The Hall–Kier alpha value is -1.34. The number of hydrogen-bond donors (Lipinski definition) is 4. The average Bonchev–Trinajstić information content (AvgIpc) is 2.37. The fraction of sp³-hybridized carbons (Fsp3) is 0.818. The van der Waals surface area contributed by atoms with Crippen molar-refractivity contribution >= 4 is 12.0 Å². The standard InChI is InChI=1S/C11H20N2O5/c14-4-3-9(10(15)16)13-11(17)12-6-8-2-1-5-18-7-8/h8-9,14H,1-7H2,(H,15,16)(H2,12,13,17)/t8?,9-/m0/s1. The quantitative estimate of drug-likeness (QED) is 0.517. The SMILES string of the molecule is O=C(NCC1CCCOC1)N[C@@H](CCO)C(=O)O. The molecule has 0 radical (unpaired) electrons. The van der Waals surface area contributed by atoms with Gasteiger partial charge in [-0.2, -0.15) is 0 Å². The van der Waals surface area contributed by atoms with E-state index in [1.165, 1.54) is 0 Å². The number of aliphatic carboxylic acids is 1. The molecule has 2 amide bonds. The Morgan fingerprint density at radius 3 is 2.78 bits per heavy atom. The third kappa shape index (κ3) is 5.33. The number of aliphatic hydroxyl groups is 1. The molecule has 1 heterocycles. The fourth-order valence-electron chi connectivity index (χ4n) is 1.80. The minimum Gasteiger partial charge on any atom is -0.480 e. The van der Waals surface area contributed by atoms with E-state index in [1.54, 1.807) is 0 Å². The van der Waals surface area contributed by atoms with Crippen molar-refractivity contribution in [2.24, 2.45) is 5.92 Å². The van der Waals surface area contributed by atoms with Gasteiger partial charge in [0.2, 0.25) is 0 Å². The van der Waals surface area contributed by atoms with Gasteiger partial charge >= 0.3 is 12.0 Å². The first-order chi connectivity index (χ1) is 8.63. The summed E-state index contributed by atoms with van der Waals surface area (Å²) in [6.07, 6.45) is 1.98. The Balaban J connectivity index is 2.24. The molecule has 1 saturated heterocycles. The van der Waals surface area contributed by atoms with Gasteiger partial charge in [0.1, 0.15) is 6.04 Å². The number of ether oxygens (including phenoxy) is 1. The normalized spacial score (nSPS) is 21.1. The lowest BCUT2D eigenvalue weighted by Gasteiger charge is -2.22. The molecule has 7 nitrogen and oxygen atoms in total. The van der Waals surface area contributed by atoms with Crippen molar-refractivity contribution in [2.45, 2.75) is 25.3 Å². The molecule has 1 rings (SSSR count). The highest BCUT2D eigenvalue weighted by molar-refractivity contribution is 5.82. The summed E-state index contributed by atoms with van der Waals surface area (Å²) in [5.41, 5.74) is 0. The minimum atomic E-state index is -1.15. The van der Waals surface area contributed by atoms with Crippen LogP contribution >= 0.6 is 0 Å². The van der Waals surface area contributed by atoms with Crippen LogP contribution in [0.25, 0.3) is 0 Å². The molecule has 7 heteroatoms. The summed E-state index contributed by atoms with van der Waals surface area (Å²) >= 11 is 0. The second-order valence-corrected chi connectivity index (χ2v) is 4.34. The maximum atomic E-state index is 11.5. The first kappa shape index (κ1) is 14.7. The van der Waals surface area contributed by atoms with Crippen LogP contribution < -0.4 is 10.6 Å². The van der Waals surface area contributed by atoms with E-state index in [1.807, 2.05) is 0 Å². The van der Waals surface area contributed by atoms with Crippen LogP contribution in [-0.4, -0.2) is 54.6 Å². The molecule has 2 atom stereocenters. The number of amides is 2. The summed E-state index contributed by atoms with van der Waals surface area (Å²) in [6, 6.07) is -1.58. The Labute approximate surface area is 106 Å². The van der Waals surface area contributed by atoms with E-state index >= 15 is 0 Å². The van der Waals surface area contributed by atoms with Crippen LogP contribution in [0.5, 0.6) is 0 Å². The van der Waals surface area contributed by atoms with Gasteiger partial charge < -0.3 is 25.6 Å². The lowest BCUT2D eigenvalue weighted by molar-refractivity contribution is -0.139. The molecular weight excluding hydrogens is 240 g/mol. The van der Waals surface area contributed by atoms with E-state index in [4.69, 9.17) is 14.9 Å². The molecule has 0 aromatic rings. The van der Waals surface area contributed by atoms with Crippen molar-refractivity contribution in [3.63, 3.8) is 0 Å². The molecule has 0 aromatic heterocycles. The minimum absolute atomic E-state index is 0.00467. The predicted molar refractivity (Wildman–Crippen MR) is 63.2 cm³/mol. The van der Waals surface area contributed by atoms with E-state index in [-0.39, 0.29) is 18.9 Å². The van der Waals surface area contributed by atoms with Crippen molar-refractivity contribution in [2.75, 3.05) is 26.4 Å². The Bertz CT molecular complexity index is 279. The molecule has 18 heavy (non-hydrogen) atoms. The van der Waals surface area contributed by atoms with Crippen LogP contribution in [0, 0.1) is 5.92 Å². The topological polar surface area (TPSA) is 108 Å². The molecule has 1 fully saturated rings. The van der Waals surface area contributed by atoms with Gasteiger partial charge in [0.05, 0.1) is 6.61 Å². The number of urea groups is 1. The van der Waals surface area contributed by atoms with Crippen molar-refractivity contribution in [3.05, 3.63) is 0 Å². The van der Waals surface area contributed by atoms with Crippen LogP contribution in [0.15, 0.2) is 0 Å². The van der Waals surface area contributed by atoms with Gasteiger partial charge in [-0.1, -0.05) is 0 Å². The van der Waals surface area contributed by atoms with Crippen LogP contribution in [-0.2, 0) is 9.53 Å². The first-order valence-electron chi connectivity index (χ1n) is 6.09. The third-order valence-corrected chi connectivity index (χ3v) is 2.83. The van der Waals surface area contributed by atoms with Gasteiger partial charge in [0.25, 0.3) is 0 Å². The molecule has 0 saturated carbocycles. The Kier molecular flexibility index (Phi) is 6.45. The van der Waals surface area contributed by atoms with Gasteiger partial charge in [0.15, 0.2) is 0 Å². The smallest absolute Gasteiger partial charge is 0.326 e. The summed E-state index contributed by atoms with van der Waals surface area (Å²) < 4.78 is 5.27. The second kappa shape index (κ2) is 7.88. The van der Waals surface area contributed by atoms with E-state index in [0.29, 0.717) is 13.2 Å². The summed E-state index contributed by atoms with van der Waals surface area (Å²) in [7, 11) is 0. The lowest BCUT2D eigenvalue weighted by Crippen LogP contribution is -2.47. The summed E-state index contributed by atoms with van der Waals surface area (Å²) in [4.78, 5) is 22.2. The van der Waals surface area contributed by atoms with Crippen LogP contribution in [0.2, 0.25) is 0 Å². The molecule has 0 aromatic carbocycles. The van der Waals surface area contributed by atoms with E-state index in [9.17, 15) is 9.59 Å². The van der Waals surface area contributed by atoms with Gasteiger partial charge in [0, 0.05) is 26.2 Å². The number of carbonyl (C=O) groups is 2. The zero-order valence-corrected chi connectivity index (χ0v) is 10.2. The number of carboxylic acids is 1. The molecule has 104 valence electrons. The third-order valence-electron chi connectivity index (χ3n) is 2.83. The number of aliphatic hydroxyl groups excluding tert-OH is 1. The van der Waals surface area contributed by atoms with Crippen LogP contribution in [0.3, 0.4) is 0 Å². The van der Waals surface area contributed by atoms with Crippen molar-refractivity contribution in [3.8, 4) is 0 Å². The largest absolute Gasteiger partial charge is 0.480 e. The molecule has 1 aliphatic rings. The number of nitrogens with one attached hydrogen (secondary N) is 2. The second-order valence-electron chi connectivity index (χ2n) is 4.34. The average molecular weight is 260 g/mol. The van der Waals surface area contributed by atoms with Crippen molar-refractivity contribution in [1.29, 1.82) is 0 Å². The van der Waals surface area contributed by atoms with E-state index in [2.05, 4.69) is 10.6 Å². The molecule has 0 spiro atoms. The highest BCUT2D eigenvalue weighted by Gasteiger charge is 2.20. The van der Waals surface area contributed by atoms with Gasteiger partial charge in [-0.15, -0.1) is 0 Å². The molecule has 1 unspecified atom stereocenters. The zero-order chi connectivity index (χ0) is 13.4. The number of carbonyl (C=O) groups excluding carboxylic acids is 1. The molecule has 0 aliphatic carbocycles. The van der Waals surface area contributed by atoms with Gasteiger partial charge in [-0.3, -0.25) is 0 Å². The Morgan fingerprint density at radius 1 is 1.44 bits per heavy atom. The first-order valence-corrected chi connectivity index (χ1v) is 6.09. The zero-order valence-electron chi connectivity index (χ0n) is 10.2. The van der Waals surface area contributed by atoms with Crippen LogP contribution in [0.4, 0.5) is 4.79 Å². The summed E-state index contributed by atoms with van der Waals surface area (Å²) in [5.74, 6) is -0.870. The van der Waals surface area contributed by atoms with E-state index < -0.39 is 18.0 Å². The molecule has 1 aliphatic heterocycles. The molecular formula is C11H20N2O5. The Morgan fingerprint density at radius 2 is 2.22 bits per heavy atom. The summed E-state index contributed by atoms with van der Waals surface area (Å²) in [6.45, 7) is 1.57. The van der Waals surface area contributed by atoms with Crippen molar-refractivity contribution in [1.82, 2.24) is 10.6 Å². The maximum Gasteiger partial charge on any atom is 0.326 e. The molecule has 0 bridgehead atoms. The monoisotopic (exact) mass is 260 g/mol. The highest BCUT2D eigenvalue weighted by atomic mass is 16.5.